The number of amides is 1. The van der Waals surface area contributed by atoms with Crippen LogP contribution in [0.25, 0.3) is 16.6 Å². The summed E-state index contributed by atoms with van der Waals surface area (Å²) in [5, 5.41) is 3.96. The highest BCUT2D eigenvalue weighted by atomic mass is 19.4. The van der Waals surface area contributed by atoms with E-state index in [4.69, 9.17) is 5.73 Å². The molecular formula is C13H8F3N5O. The second-order valence-electron chi connectivity index (χ2n) is 4.46. The first-order valence-corrected chi connectivity index (χ1v) is 6.03. The lowest BCUT2D eigenvalue weighted by molar-refractivity contribution is -0.144. The third kappa shape index (κ3) is 2.36. The maximum Gasteiger partial charge on any atom is 0.451 e. The molecule has 0 fully saturated rings. The largest absolute Gasteiger partial charge is 0.451 e. The van der Waals surface area contributed by atoms with Crippen LogP contribution in [0, 0.1) is 0 Å². The van der Waals surface area contributed by atoms with Crippen LogP contribution in [-0.4, -0.2) is 25.5 Å². The summed E-state index contributed by atoms with van der Waals surface area (Å²) in [6, 6.07) is 3.20. The number of hydrogen-bond acceptors (Lipinski definition) is 4. The lowest BCUT2D eigenvalue weighted by Gasteiger charge is -2.06. The molecule has 0 aliphatic rings. The summed E-state index contributed by atoms with van der Waals surface area (Å²) >= 11 is 0. The summed E-state index contributed by atoms with van der Waals surface area (Å²) < 4.78 is 38.8. The maximum atomic E-state index is 12.4. The summed E-state index contributed by atoms with van der Waals surface area (Å²) in [5.41, 5.74) is 6.83. The standard InChI is InChI=1S/C13H8F3N5O/c14-13(15,16)12-18-4-8(5-19-12)7-1-2-21-10(3-7)9(6-20-21)11(17)22/h1-6H,(H2,17,22). The Kier molecular flexibility index (Phi) is 3.05. The van der Waals surface area contributed by atoms with Crippen LogP contribution in [0.1, 0.15) is 16.2 Å². The normalized spacial score (nSPS) is 11.8. The molecule has 3 heterocycles. The van der Waals surface area contributed by atoms with E-state index in [-0.39, 0.29) is 5.56 Å². The minimum absolute atomic E-state index is 0.217. The topological polar surface area (TPSA) is 86.2 Å². The van der Waals surface area contributed by atoms with E-state index in [0.717, 1.165) is 12.4 Å². The van der Waals surface area contributed by atoms with Crippen molar-refractivity contribution in [1.82, 2.24) is 19.6 Å². The van der Waals surface area contributed by atoms with Crippen LogP contribution in [0.3, 0.4) is 0 Å². The lowest BCUT2D eigenvalue weighted by atomic mass is 10.1. The van der Waals surface area contributed by atoms with E-state index >= 15 is 0 Å². The number of hydrogen-bond donors (Lipinski definition) is 1. The van der Waals surface area contributed by atoms with Crippen molar-refractivity contribution in [2.75, 3.05) is 0 Å². The summed E-state index contributed by atoms with van der Waals surface area (Å²) in [5.74, 6) is -1.85. The Balaban J connectivity index is 2.06. The molecule has 3 rings (SSSR count). The van der Waals surface area contributed by atoms with E-state index < -0.39 is 17.9 Å². The molecule has 3 aromatic heterocycles. The monoisotopic (exact) mass is 307 g/mol. The van der Waals surface area contributed by atoms with E-state index in [1.165, 1.54) is 10.7 Å². The van der Waals surface area contributed by atoms with Crippen molar-refractivity contribution in [2.45, 2.75) is 6.18 Å². The van der Waals surface area contributed by atoms with Gasteiger partial charge in [0.2, 0.25) is 5.82 Å². The van der Waals surface area contributed by atoms with E-state index in [0.29, 0.717) is 16.6 Å². The van der Waals surface area contributed by atoms with Crippen molar-refractivity contribution in [1.29, 1.82) is 0 Å². The molecule has 9 heteroatoms. The predicted octanol–water partition coefficient (Wildman–Crippen LogP) is 1.91. The third-order valence-electron chi connectivity index (χ3n) is 3.03. The molecule has 0 unspecified atom stereocenters. The van der Waals surface area contributed by atoms with Gasteiger partial charge in [-0.2, -0.15) is 18.3 Å². The van der Waals surface area contributed by atoms with Gasteiger partial charge >= 0.3 is 6.18 Å². The van der Waals surface area contributed by atoms with Gasteiger partial charge in [0.1, 0.15) is 0 Å². The number of nitrogens with zero attached hydrogens (tertiary/aromatic N) is 4. The van der Waals surface area contributed by atoms with Crippen LogP contribution in [0.15, 0.2) is 36.9 Å². The van der Waals surface area contributed by atoms with Crippen molar-refractivity contribution in [3.8, 4) is 11.1 Å². The first-order chi connectivity index (χ1) is 10.4. The van der Waals surface area contributed by atoms with Gasteiger partial charge in [-0.15, -0.1) is 0 Å². The first-order valence-electron chi connectivity index (χ1n) is 6.03. The van der Waals surface area contributed by atoms with Gasteiger partial charge in [0.05, 0.1) is 17.3 Å². The molecule has 0 atom stereocenters. The van der Waals surface area contributed by atoms with Gasteiger partial charge in [0, 0.05) is 24.2 Å². The van der Waals surface area contributed by atoms with E-state index in [1.54, 1.807) is 18.3 Å². The molecule has 6 nitrogen and oxygen atoms in total. The number of fused-ring (bicyclic) bond motifs is 1. The highest BCUT2D eigenvalue weighted by Crippen LogP contribution is 2.27. The summed E-state index contributed by atoms with van der Waals surface area (Å²) in [6.45, 7) is 0. The zero-order chi connectivity index (χ0) is 15.9. The van der Waals surface area contributed by atoms with Crippen molar-refractivity contribution in [3.63, 3.8) is 0 Å². The zero-order valence-electron chi connectivity index (χ0n) is 10.9. The number of aromatic nitrogens is 4. The van der Waals surface area contributed by atoms with Crippen LogP contribution in [-0.2, 0) is 6.18 Å². The molecule has 0 aliphatic heterocycles. The molecule has 0 aliphatic carbocycles. The Labute approximate surface area is 121 Å². The van der Waals surface area contributed by atoms with Crippen LogP contribution in [0.4, 0.5) is 13.2 Å². The molecule has 0 radical (unpaired) electrons. The Morgan fingerprint density at radius 1 is 1.14 bits per heavy atom. The fraction of sp³-hybridized carbons (Fsp3) is 0.0769. The molecule has 0 saturated heterocycles. The summed E-state index contributed by atoms with van der Waals surface area (Å²) in [6.07, 6.45) is 0.441. The second kappa shape index (κ2) is 4.79. The minimum atomic E-state index is -4.59. The predicted molar refractivity (Wildman–Crippen MR) is 69.7 cm³/mol. The average Bonchev–Trinajstić information content (AvgIpc) is 2.89. The molecular weight excluding hydrogens is 299 g/mol. The molecule has 0 aromatic carbocycles. The molecule has 0 spiro atoms. The van der Waals surface area contributed by atoms with Crippen molar-refractivity contribution in [3.05, 3.63) is 48.3 Å². The quantitative estimate of drug-likeness (QED) is 0.783. The zero-order valence-corrected chi connectivity index (χ0v) is 10.9. The smallest absolute Gasteiger partial charge is 0.365 e. The minimum Gasteiger partial charge on any atom is -0.365 e. The number of primary amides is 1. The molecule has 2 N–H and O–H groups in total. The SMILES string of the molecule is NC(=O)c1cnn2ccc(-c3cnc(C(F)(F)F)nc3)cc12. The number of halogens is 3. The van der Waals surface area contributed by atoms with Crippen molar-refractivity contribution >= 4 is 11.4 Å². The van der Waals surface area contributed by atoms with Crippen molar-refractivity contribution in [2.24, 2.45) is 5.73 Å². The highest BCUT2D eigenvalue weighted by molar-refractivity contribution is 6.00. The Bertz CT molecular complexity index is 854. The molecule has 22 heavy (non-hydrogen) atoms. The summed E-state index contributed by atoms with van der Waals surface area (Å²) in [7, 11) is 0. The molecule has 112 valence electrons. The lowest BCUT2D eigenvalue weighted by Crippen LogP contribution is -2.10. The Morgan fingerprint density at radius 2 is 1.82 bits per heavy atom. The number of alkyl halides is 3. The van der Waals surface area contributed by atoms with Crippen LogP contribution in [0.2, 0.25) is 0 Å². The summed E-state index contributed by atoms with van der Waals surface area (Å²) in [4.78, 5) is 17.9. The Hall–Kier alpha value is -2.97. The van der Waals surface area contributed by atoms with Crippen molar-refractivity contribution < 1.29 is 18.0 Å². The number of carbonyl (C=O) groups excluding carboxylic acids is 1. The van der Waals surface area contributed by atoms with Gasteiger partial charge in [-0.3, -0.25) is 4.79 Å². The number of pyridine rings is 1. The van der Waals surface area contributed by atoms with Crippen LogP contribution >= 0.6 is 0 Å². The van der Waals surface area contributed by atoms with Crippen LogP contribution < -0.4 is 5.73 Å². The molecule has 1 amide bonds. The fourth-order valence-corrected chi connectivity index (χ4v) is 1.97. The first kappa shape index (κ1) is 14.0. The fourth-order valence-electron chi connectivity index (χ4n) is 1.97. The highest BCUT2D eigenvalue weighted by Gasteiger charge is 2.34. The van der Waals surface area contributed by atoms with E-state index in [2.05, 4.69) is 15.1 Å². The molecule has 0 saturated carbocycles. The Morgan fingerprint density at radius 3 is 2.41 bits per heavy atom. The van der Waals surface area contributed by atoms with Gasteiger partial charge in [-0.25, -0.2) is 14.5 Å². The van der Waals surface area contributed by atoms with Gasteiger partial charge in [0.25, 0.3) is 5.91 Å². The van der Waals surface area contributed by atoms with Gasteiger partial charge in [-0.05, 0) is 17.7 Å². The van der Waals surface area contributed by atoms with Gasteiger partial charge < -0.3 is 5.73 Å². The number of rotatable bonds is 2. The average molecular weight is 307 g/mol. The molecule has 0 bridgehead atoms. The number of nitrogens with two attached hydrogens (primary N) is 1. The second-order valence-corrected chi connectivity index (χ2v) is 4.46. The number of carbonyl (C=O) groups is 1. The molecule has 3 aromatic rings. The van der Waals surface area contributed by atoms with Crippen LogP contribution in [0.5, 0.6) is 0 Å². The van der Waals surface area contributed by atoms with E-state index in [9.17, 15) is 18.0 Å². The maximum absolute atomic E-state index is 12.4. The van der Waals surface area contributed by atoms with Gasteiger partial charge in [-0.1, -0.05) is 0 Å². The van der Waals surface area contributed by atoms with Gasteiger partial charge in [0.15, 0.2) is 0 Å². The third-order valence-corrected chi connectivity index (χ3v) is 3.03. The van der Waals surface area contributed by atoms with E-state index in [1.807, 2.05) is 0 Å².